The number of hydrogen-bond donors (Lipinski definition) is 3. The highest BCUT2D eigenvalue weighted by atomic mass is 32.1. The van der Waals surface area contributed by atoms with Crippen LogP contribution in [0.2, 0.25) is 0 Å². The third-order valence-corrected chi connectivity index (χ3v) is 12.6. The molecule has 62 heavy (non-hydrogen) atoms. The van der Waals surface area contributed by atoms with Gasteiger partial charge in [0, 0.05) is 56.4 Å². The van der Waals surface area contributed by atoms with E-state index in [9.17, 15) is 24.0 Å². The van der Waals surface area contributed by atoms with Crippen LogP contribution in [0.3, 0.4) is 0 Å². The maximum Gasteiger partial charge on any atom is 0.337 e. The standard InChI is InChI=1S/2C16H15NO4S.C13H9NO3S/c1-20-16(19)10-3-4-11-13(9-10)17-15(21-7-2-6-18)12-5-8-22-14(11)12;1-21-16(20)10-3-4-11-13(9-10)17(6-2-7-18)15(19)12-5-8-22-14(11)12;1-17-13(16)7-2-3-8-10(6-7)14-12(15)9-4-5-18-11(8)9/h2*3-5,8-9,18H,2,6-7H2,1H3;2-6H,1H3,(H,14,15). The molecule has 6 aromatic heterocycles. The van der Waals surface area contributed by atoms with E-state index in [0.717, 1.165) is 35.6 Å². The number of methoxy groups -OCH3 is 3. The largest absolute Gasteiger partial charge is 0.477 e. The number of aromatic amines is 1. The smallest absolute Gasteiger partial charge is 0.337 e. The number of aliphatic hydroxyl groups excluding tert-OH is 2. The molecular formula is C45H39N3O11S3. The number of fused-ring (bicyclic) bond motifs is 9. The molecule has 3 aromatic carbocycles. The fourth-order valence-electron chi connectivity index (χ4n) is 6.82. The van der Waals surface area contributed by atoms with Gasteiger partial charge in [-0.05, 0) is 77.2 Å². The SMILES string of the molecule is COC(=O)c1ccc2c(c1)[nH]c(=O)c1ccsc12.COC(=O)c1ccc2c(c1)nc(OCCCO)c1ccsc12.COC(=O)c1ccc2c3sccc3c(=O)n(CCCO)c2c1. The van der Waals surface area contributed by atoms with Gasteiger partial charge in [0.1, 0.15) is 0 Å². The lowest BCUT2D eigenvalue weighted by molar-refractivity contribution is 0.0592. The minimum Gasteiger partial charge on any atom is -0.477 e. The summed E-state index contributed by atoms with van der Waals surface area (Å²) in [6, 6.07) is 21.3. The summed E-state index contributed by atoms with van der Waals surface area (Å²) < 4.78 is 24.4. The Hall–Kier alpha value is -6.50. The normalized spacial score (nSPS) is 11.0. The van der Waals surface area contributed by atoms with Crippen molar-refractivity contribution in [2.45, 2.75) is 19.4 Å². The summed E-state index contributed by atoms with van der Waals surface area (Å²) in [6.07, 6.45) is 1.03. The number of thiophene rings is 3. The highest BCUT2D eigenvalue weighted by Gasteiger charge is 2.16. The van der Waals surface area contributed by atoms with Crippen molar-refractivity contribution in [1.82, 2.24) is 14.5 Å². The number of benzene rings is 3. The highest BCUT2D eigenvalue weighted by Crippen LogP contribution is 2.35. The van der Waals surface area contributed by atoms with E-state index in [2.05, 4.69) is 14.7 Å². The Balaban J connectivity index is 0.000000141. The summed E-state index contributed by atoms with van der Waals surface area (Å²) in [5, 5.41) is 28.8. The van der Waals surface area contributed by atoms with Crippen LogP contribution >= 0.6 is 34.0 Å². The predicted octanol–water partition coefficient (Wildman–Crippen LogP) is 7.91. The number of aromatic nitrogens is 3. The lowest BCUT2D eigenvalue weighted by Crippen LogP contribution is -2.21. The van der Waals surface area contributed by atoms with Crippen molar-refractivity contribution in [3.05, 3.63) is 126 Å². The molecule has 0 unspecified atom stereocenters. The quantitative estimate of drug-likeness (QED) is 0.0683. The zero-order valence-electron chi connectivity index (χ0n) is 33.6. The maximum atomic E-state index is 12.6. The molecule has 0 bridgehead atoms. The zero-order valence-corrected chi connectivity index (χ0v) is 36.0. The van der Waals surface area contributed by atoms with Gasteiger partial charge < -0.3 is 38.7 Å². The molecule has 9 aromatic rings. The van der Waals surface area contributed by atoms with Crippen molar-refractivity contribution in [1.29, 1.82) is 0 Å². The molecule has 17 heteroatoms. The van der Waals surface area contributed by atoms with Crippen molar-refractivity contribution in [2.75, 3.05) is 41.2 Å². The number of ether oxygens (including phenoxy) is 4. The van der Waals surface area contributed by atoms with E-state index >= 15 is 0 Å². The number of rotatable bonds is 10. The van der Waals surface area contributed by atoms with Gasteiger partial charge in [0.2, 0.25) is 5.88 Å². The molecule has 0 aliphatic carbocycles. The summed E-state index contributed by atoms with van der Waals surface area (Å²) >= 11 is 4.62. The Morgan fingerprint density at radius 1 is 0.629 bits per heavy atom. The number of aliphatic hydroxyl groups is 2. The molecule has 3 N–H and O–H groups in total. The second kappa shape index (κ2) is 19.5. The van der Waals surface area contributed by atoms with Gasteiger partial charge in [-0.15, -0.1) is 34.0 Å². The third-order valence-electron chi connectivity index (χ3n) is 9.80. The van der Waals surface area contributed by atoms with Gasteiger partial charge in [-0.2, -0.15) is 0 Å². The van der Waals surface area contributed by atoms with Crippen LogP contribution in [0.4, 0.5) is 0 Å². The molecule has 0 atom stereocenters. The summed E-state index contributed by atoms with van der Waals surface area (Å²) in [7, 11) is 4.01. The van der Waals surface area contributed by atoms with E-state index < -0.39 is 17.9 Å². The minimum absolute atomic E-state index is 0.00625. The molecular weight excluding hydrogens is 855 g/mol. The number of carbonyl (C=O) groups is 3. The van der Waals surface area contributed by atoms with Crippen molar-refractivity contribution < 1.29 is 43.5 Å². The minimum atomic E-state index is -0.436. The molecule has 14 nitrogen and oxygen atoms in total. The number of aryl methyl sites for hydroxylation is 1. The summed E-state index contributed by atoms with van der Waals surface area (Å²) in [5.41, 5.74) is 3.09. The highest BCUT2D eigenvalue weighted by molar-refractivity contribution is 7.19. The lowest BCUT2D eigenvalue weighted by Gasteiger charge is -2.12. The van der Waals surface area contributed by atoms with Crippen LogP contribution < -0.4 is 15.9 Å². The number of hydrogen-bond acceptors (Lipinski definition) is 15. The Kier molecular flexibility index (Phi) is 13.7. The van der Waals surface area contributed by atoms with E-state index in [1.54, 1.807) is 58.4 Å². The van der Waals surface area contributed by atoms with Gasteiger partial charge in [-0.25, -0.2) is 19.4 Å². The number of nitrogens with zero attached hydrogens (tertiary/aromatic N) is 2. The molecule has 0 saturated carbocycles. The average Bonchev–Trinajstić information content (AvgIpc) is 4.11. The van der Waals surface area contributed by atoms with E-state index in [0.29, 0.717) is 75.9 Å². The van der Waals surface area contributed by atoms with E-state index in [1.807, 2.05) is 46.5 Å². The van der Waals surface area contributed by atoms with Crippen LogP contribution in [0.5, 0.6) is 5.88 Å². The molecule has 0 saturated heterocycles. The van der Waals surface area contributed by atoms with Gasteiger partial charge in [-0.3, -0.25) is 9.59 Å². The Morgan fingerprint density at radius 2 is 1.16 bits per heavy atom. The van der Waals surface area contributed by atoms with Crippen LogP contribution in [-0.4, -0.2) is 83.8 Å². The van der Waals surface area contributed by atoms with Crippen molar-refractivity contribution in [2.24, 2.45) is 0 Å². The molecule has 6 heterocycles. The van der Waals surface area contributed by atoms with Crippen molar-refractivity contribution in [3.8, 4) is 5.88 Å². The fraction of sp³-hybridized carbons (Fsp3) is 0.200. The van der Waals surface area contributed by atoms with Crippen LogP contribution in [0.25, 0.3) is 63.0 Å². The Labute approximate surface area is 364 Å². The molecule has 0 radical (unpaired) electrons. The summed E-state index contributed by atoms with van der Waals surface area (Å²) in [4.78, 5) is 66.6. The predicted molar refractivity (Wildman–Crippen MR) is 244 cm³/mol. The van der Waals surface area contributed by atoms with Gasteiger partial charge in [-0.1, -0.05) is 18.2 Å². The van der Waals surface area contributed by atoms with Gasteiger partial charge in [0.25, 0.3) is 11.1 Å². The van der Waals surface area contributed by atoms with Crippen LogP contribution in [-0.2, 0) is 20.8 Å². The number of H-pyrrole nitrogens is 1. The Bertz CT molecular complexity index is 3240. The molecule has 0 fully saturated rings. The summed E-state index contributed by atoms with van der Waals surface area (Å²) in [5.74, 6) is -0.713. The number of nitrogens with one attached hydrogen (secondary N) is 1. The van der Waals surface area contributed by atoms with Crippen LogP contribution in [0.1, 0.15) is 43.9 Å². The van der Waals surface area contributed by atoms with Crippen LogP contribution in [0.15, 0.2) is 98.5 Å². The first-order valence-electron chi connectivity index (χ1n) is 19.1. The molecule has 0 aliphatic rings. The fourth-order valence-corrected chi connectivity index (χ4v) is 9.60. The van der Waals surface area contributed by atoms with E-state index in [1.165, 1.54) is 44.0 Å². The molecule has 318 valence electrons. The number of carbonyl (C=O) groups excluding carboxylic acids is 3. The second-order valence-corrected chi connectivity index (χ2v) is 16.3. The van der Waals surface area contributed by atoms with E-state index in [-0.39, 0.29) is 24.3 Å². The third kappa shape index (κ3) is 8.79. The first kappa shape index (κ1) is 43.6. The topological polar surface area (TPSA) is 196 Å². The first-order valence-corrected chi connectivity index (χ1v) is 21.7. The molecule has 0 aliphatic heterocycles. The van der Waals surface area contributed by atoms with E-state index in [4.69, 9.17) is 24.4 Å². The number of pyridine rings is 3. The van der Waals surface area contributed by atoms with Gasteiger partial charge in [0.05, 0.1) is 77.3 Å². The monoisotopic (exact) mass is 893 g/mol. The average molecular weight is 894 g/mol. The molecule has 0 amide bonds. The maximum absolute atomic E-state index is 12.6. The van der Waals surface area contributed by atoms with Crippen LogP contribution in [0, 0.1) is 0 Å². The zero-order chi connectivity index (χ0) is 43.9. The van der Waals surface area contributed by atoms with Gasteiger partial charge in [0.15, 0.2) is 0 Å². The molecule has 9 rings (SSSR count). The van der Waals surface area contributed by atoms with Gasteiger partial charge >= 0.3 is 17.9 Å². The molecule has 0 spiro atoms. The number of esters is 3. The Morgan fingerprint density at radius 3 is 1.79 bits per heavy atom. The first-order chi connectivity index (χ1) is 30.1. The lowest BCUT2D eigenvalue weighted by atomic mass is 10.1. The second-order valence-electron chi connectivity index (χ2n) is 13.5. The van der Waals surface area contributed by atoms with Crippen molar-refractivity contribution >= 4 is 115 Å². The van der Waals surface area contributed by atoms with Crippen molar-refractivity contribution in [3.63, 3.8) is 0 Å². The summed E-state index contributed by atoms with van der Waals surface area (Å²) in [6.45, 7) is 0.887.